The van der Waals surface area contributed by atoms with E-state index in [9.17, 15) is 4.79 Å². The zero-order valence-corrected chi connectivity index (χ0v) is 19.2. The van der Waals surface area contributed by atoms with Gasteiger partial charge < -0.3 is 20.8 Å². The second-order valence-electron chi connectivity index (χ2n) is 8.23. The molecule has 7 heteroatoms. The highest BCUT2D eigenvalue weighted by Crippen LogP contribution is 2.24. The van der Waals surface area contributed by atoms with E-state index < -0.39 is 0 Å². The second-order valence-corrected chi connectivity index (χ2v) is 8.23. The summed E-state index contributed by atoms with van der Waals surface area (Å²) in [4.78, 5) is 20.2. The van der Waals surface area contributed by atoms with Gasteiger partial charge in [0, 0.05) is 22.5 Å². The van der Waals surface area contributed by atoms with Crippen molar-refractivity contribution in [1.82, 2.24) is 15.3 Å². The number of nitrogens with one attached hydrogen (secondary N) is 3. The van der Waals surface area contributed by atoms with E-state index in [1.165, 1.54) is 0 Å². The Morgan fingerprint density at radius 2 is 1.82 bits per heavy atom. The van der Waals surface area contributed by atoms with Crippen molar-refractivity contribution in [2.75, 3.05) is 12.3 Å². The lowest BCUT2D eigenvalue weighted by atomic mass is 10.0. The molecule has 4 aromatic rings. The minimum atomic E-state index is -0.204. The number of anilines is 1. The molecule has 0 aliphatic carbocycles. The van der Waals surface area contributed by atoms with Crippen molar-refractivity contribution in [2.24, 2.45) is 0 Å². The van der Waals surface area contributed by atoms with E-state index in [2.05, 4.69) is 21.9 Å². The van der Waals surface area contributed by atoms with Crippen LogP contribution < -0.4 is 15.8 Å². The van der Waals surface area contributed by atoms with Gasteiger partial charge in [0.2, 0.25) is 5.78 Å². The van der Waals surface area contributed by atoms with E-state index in [1.54, 1.807) is 12.1 Å². The van der Waals surface area contributed by atoms with Crippen molar-refractivity contribution in [3.8, 4) is 5.75 Å². The van der Waals surface area contributed by atoms with Crippen LogP contribution in [0.3, 0.4) is 0 Å². The highest BCUT2D eigenvalue weighted by Gasteiger charge is 2.16. The van der Waals surface area contributed by atoms with Crippen LogP contribution in [0.2, 0.25) is 0 Å². The molecule has 0 aliphatic heterocycles. The number of nitrogen functional groups attached to an aromatic ring is 1. The van der Waals surface area contributed by atoms with Crippen molar-refractivity contribution >= 4 is 33.9 Å². The van der Waals surface area contributed by atoms with E-state index in [0.717, 1.165) is 11.3 Å². The summed E-state index contributed by atoms with van der Waals surface area (Å²) in [5, 5.41) is 11.7. The molecule has 3 aromatic carbocycles. The Hall–Kier alpha value is -4.39. The third-order valence-corrected chi connectivity index (χ3v) is 5.29. The number of aromatic nitrogens is 2. The van der Waals surface area contributed by atoms with Crippen LogP contribution in [0.4, 0.5) is 5.69 Å². The molecule has 0 atom stereocenters. The number of aromatic amines is 1. The van der Waals surface area contributed by atoms with Crippen molar-refractivity contribution < 1.29 is 9.53 Å². The molecular weight excluding hydrogens is 426 g/mol. The molecule has 0 aliphatic rings. The van der Waals surface area contributed by atoms with Crippen LogP contribution in [0.5, 0.6) is 5.75 Å². The Morgan fingerprint density at radius 1 is 1.12 bits per heavy atom. The summed E-state index contributed by atoms with van der Waals surface area (Å²) in [6.07, 6.45) is 0.0762. The quantitative estimate of drug-likeness (QED) is 0.165. The summed E-state index contributed by atoms with van der Waals surface area (Å²) in [6, 6.07) is 20.4. The van der Waals surface area contributed by atoms with E-state index >= 15 is 0 Å². The molecule has 0 saturated heterocycles. The molecule has 4 rings (SSSR count). The van der Waals surface area contributed by atoms with Gasteiger partial charge in [-0.3, -0.25) is 10.2 Å². The average molecular weight is 454 g/mol. The van der Waals surface area contributed by atoms with E-state index in [0.29, 0.717) is 33.5 Å². The van der Waals surface area contributed by atoms with Gasteiger partial charge in [0.05, 0.1) is 29.4 Å². The minimum absolute atomic E-state index is 0.0521. The molecule has 1 aromatic heterocycles. The number of Topliss-reactive ketones (excluding diaryl/α,β-unsaturated/α-hetero) is 1. The van der Waals surface area contributed by atoms with Gasteiger partial charge in [0.15, 0.2) is 5.82 Å². The molecule has 0 radical (unpaired) electrons. The number of nitrogens with two attached hydrogens (primary N) is 1. The molecule has 7 nitrogen and oxygen atoms in total. The number of carbonyl (C=O) groups is 1. The lowest BCUT2D eigenvalue weighted by Gasteiger charge is -2.11. The molecule has 172 valence electrons. The normalized spacial score (nSPS) is 10.9. The first-order valence-electron chi connectivity index (χ1n) is 11.0. The summed E-state index contributed by atoms with van der Waals surface area (Å²) < 4.78 is 5.67. The molecule has 0 unspecified atom stereocenters. The molecule has 0 bridgehead atoms. The second kappa shape index (κ2) is 9.62. The van der Waals surface area contributed by atoms with Crippen molar-refractivity contribution in [1.29, 1.82) is 5.41 Å². The Bertz CT molecular complexity index is 1360. The van der Waals surface area contributed by atoms with Crippen molar-refractivity contribution in [3.63, 3.8) is 0 Å². The van der Waals surface area contributed by atoms with Crippen LogP contribution in [-0.2, 0) is 0 Å². The standard InChI is InChI=1S/C27H27N5O2/c1-16(2)34-20-11-9-19(10-12-20)26(29)21-13-23-24(14-22(21)28)32-27(31-23)25(33)15-30-17(3)18-7-5-4-6-8-18/h4-14,16,29-30H,3,15,28H2,1-2H3,(H,31,32). The molecule has 0 spiro atoms. The maximum absolute atomic E-state index is 12.7. The van der Waals surface area contributed by atoms with Crippen molar-refractivity contribution in [3.05, 3.63) is 95.8 Å². The monoisotopic (exact) mass is 453 g/mol. The van der Waals surface area contributed by atoms with Crippen LogP contribution in [0, 0.1) is 5.41 Å². The number of fused-ring (bicyclic) bond motifs is 1. The number of hydrogen-bond acceptors (Lipinski definition) is 6. The summed E-state index contributed by atoms with van der Waals surface area (Å²) in [6.45, 7) is 7.96. The summed E-state index contributed by atoms with van der Waals surface area (Å²) in [5.74, 6) is 0.765. The van der Waals surface area contributed by atoms with Crippen LogP contribution in [-0.4, -0.2) is 34.1 Å². The maximum Gasteiger partial charge on any atom is 0.217 e. The molecule has 5 N–H and O–H groups in total. The highest BCUT2D eigenvalue weighted by atomic mass is 16.5. The van der Waals surface area contributed by atoms with Gasteiger partial charge in [-0.2, -0.15) is 0 Å². The van der Waals surface area contributed by atoms with Gasteiger partial charge in [-0.25, -0.2) is 4.98 Å². The van der Waals surface area contributed by atoms with Gasteiger partial charge in [-0.15, -0.1) is 0 Å². The SMILES string of the molecule is C=C(NCC(=O)c1nc2cc(N)c(C(=N)c3ccc(OC(C)C)cc3)cc2[nH]1)c1ccccc1. The zero-order valence-electron chi connectivity index (χ0n) is 19.2. The van der Waals surface area contributed by atoms with Gasteiger partial charge in [0.25, 0.3) is 0 Å². The Balaban J connectivity index is 1.50. The van der Waals surface area contributed by atoms with Crippen LogP contribution in [0.25, 0.3) is 16.7 Å². The fraction of sp³-hybridized carbons (Fsp3) is 0.148. The predicted molar refractivity (Wildman–Crippen MR) is 136 cm³/mol. The average Bonchev–Trinajstić information content (AvgIpc) is 3.25. The summed E-state index contributed by atoms with van der Waals surface area (Å²) >= 11 is 0. The number of rotatable bonds is 9. The first-order valence-corrected chi connectivity index (χ1v) is 11.0. The largest absolute Gasteiger partial charge is 0.491 e. The van der Waals surface area contributed by atoms with E-state index in [4.69, 9.17) is 15.9 Å². The third kappa shape index (κ3) is 4.99. The Kier molecular flexibility index (Phi) is 6.45. The molecule has 34 heavy (non-hydrogen) atoms. The van der Waals surface area contributed by atoms with Crippen LogP contribution in [0.1, 0.15) is 41.2 Å². The molecule has 0 amide bonds. The van der Waals surface area contributed by atoms with Crippen LogP contribution in [0.15, 0.2) is 73.3 Å². The van der Waals surface area contributed by atoms with Gasteiger partial charge in [0.1, 0.15) is 5.75 Å². The number of hydrogen-bond donors (Lipinski definition) is 4. The number of carbonyl (C=O) groups excluding carboxylic acids is 1. The third-order valence-electron chi connectivity index (χ3n) is 5.29. The lowest BCUT2D eigenvalue weighted by Crippen LogP contribution is -2.22. The highest BCUT2D eigenvalue weighted by molar-refractivity contribution is 6.15. The number of H-pyrrole nitrogens is 1. The maximum atomic E-state index is 12.7. The predicted octanol–water partition coefficient (Wildman–Crippen LogP) is 4.79. The molecule has 0 saturated carbocycles. The smallest absolute Gasteiger partial charge is 0.217 e. The Labute approximate surface area is 198 Å². The van der Waals surface area contributed by atoms with Gasteiger partial charge in [-0.1, -0.05) is 36.9 Å². The number of benzene rings is 3. The molecule has 0 fully saturated rings. The number of nitrogens with zero attached hydrogens (tertiary/aromatic N) is 1. The van der Waals surface area contributed by atoms with Gasteiger partial charge >= 0.3 is 0 Å². The van der Waals surface area contributed by atoms with Crippen LogP contribution >= 0.6 is 0 Å². The van der Waals surface area contributed by atoms with Crippen molar-refractivity contribution in [2.45, 2.75) is 20.0 Å². The van der Waals surface area contributed by atoms with Gasteiger partial charge in [-0.05, 0) is 55.8 Å². The fourth-order valence-corrected chi connectivity index (χ4v) is 3.56. The summed E-state index contributed by atoms with van der Waals surface area (Å²) in [5.41, 5.74) is 11.0. The lowest BCUT2D eigenvalue weighted by molar-refractivity contribution is 0.0987. The summed E-state index contributed by atoms with van der Waals surface area (Å²) in [7, 11) is 0. The number of ether oxygens (including phenoxy) is 1. The zero-order chi connectivity index (χ0) is 24.2. The minimum Gasteiger partial charge on any atom is -0.491 e. The number of ketones is 1. The number of imidazole rings is 1. The first-order chi connectivity index (χ1) is 16.3. The van der Waals surface area contributed by atoms with E-state index in [-0.39, 0.29) is 30.0 Å². The van der Waals surface area contributed by atoms with E-state index in [1.807, 2.05) is 68.4 Å². The first kappa shape index (κ1) is 22.8. The Morgan fingerprint density at radius 3 is 2.50 bits per heavy atom. The topological polar surface area (TPSA) is 117 Å². The fourth-order valence-electron chi connectivity index (χ4n) is 3.56. The molecule has 1 heterocycles. The molecular formula is C27H27N5O2.